The lowest BCUT2D eigenvalue weighted by Gasteiger charge is -2.06. The summed E-state index contributed by atoms with van der Waals surface area (Å²) in [5.41, 5.74) is 4.92. The highest BCUT2D eigenvalue weighted by Gasteiger charge is 2.00. The van der Waals surface area contributed by atoms with Crippen molar-refractivity contribution in [2.45, 2.75) is 33.6 Å². The molecule has 1 aromatic carbocycles. The fourth-order valence-electron chi connectivity index (χ4n) is 1.96. The van der Waals surface area contributed by atoms with Gasteiger partial charge in [-0.3, -0.25) is 4.98 Å². The highest BCUT2D eigenvalue weighted by Crippen LogP contribution is 2.20. The molecule has 2 rings (SSSR count). The topological polar surface area (TPSA) is 12.9 Å². The molecule has 2 aromatic rings. The molecule has 0 saturated heterocycles. The Hall–Kier alpha value is -1.63. The third kappa shape index (κ3) is 3.43. The lowest BCUT2D eigenvalue weighted by atomic mass is 10.00. The van der Waals surface area contributed by atoms with Crippen LogP contribution in [0.1, 0.15) is 31.5 Å². The first kappa shape index (κ1) is 12.8. The summed E-state index contributed by atoms with van der Waals surface area (Å²) in [5.74, 6) is 0.769. The van der Waals surface area contributed by atoms with Crippen molar-refractivity contribution in [3.8, 4) is 11.1 Å². The molecule has 0 bridgehead atoms. The molecule has 0 saturated carbocycles. The van der Waals surface area contributed by atoms with Crippen molar-refractivity contribution in [1.82, 2.24) is 4.98 Å². The average molecular weight is 239 g/mol. The fourth-order valence-corrected chi connectivity index (χ4v) is 1.96. The Morgan fingerprint density at radius 2 is 1.61 bits per heavy atom. The Kier molecular flexibility index (Phi) is 4.14. The highest BCUT2D eigenvalue weighted by atomic mass is 14.7. The van der Waals surface area contributed by atoms with Gasteiger partial charge < -0.3 is 0 Å². The van der Waals surface area contributed by atoms with Gasteiger partial charge in [-0.25, -0.2) is 0 Å². The van der Waals surface area contributed by atoms with Gasteiger partial charge in [-0.1, -0.05) is 44.2 Å². The van der Waals surface area contributed by atoms with Crippen molar-refractivity contribution < 1.29 is 0 Å². The van der Waals surface area contributed by atoms with Gasteiger partial charge in [0, 0.05) is 17.5 Å². The normalized spacial score (nSPS) is 10.9. The summed E-state index contributed by atoms with van der Waals surface area (Å²) in [4.78, 5) is 4.34. The Morgan fingerprint density at radius 3 is 2.17 bits per heavy atom. The van der Waals surface area contributed by atoms with Gasteiger partial charge in [0.2, 0.25) is 0 Å². The summed E-state index contributed by atoms with van der Waals surface area (Å²) >= 11 is 0. The molecule has 1 heterocycles. The van der Waals surface area contributed by atoms with Crippen LogP contribution in [0.4, 0.5) is 0 Å². The second-order valence-corrected chi connectivity index (χ2v) is 5.32. The number of hydrogen-bond donors (Lipinski definition) is 0. The van der Waals surface area contributed by atoms with Crippen LogP contribution in [-0.2, 0) is 6.42 Å². The minimum atomic E-state index is 0.769. The molecular formula is C17H21N. The number of pyridine rings is 1. The molecule has 0 N–H and O–H groups in total. The van der Waals surface area contributed by atoms with E-state index >= 15 is 0 Å². The lowest BCUT2D eigenvalue weighted by Crippen LogP contribution is -1.92. The van der Waals surface area contributed by atoms with E-state index < -0.39 is 0 Å². The van der Waals surface area contributed by atoms with Crippen LogP contribution in [0.25, 0.3) is 11.1 Å². The van der Waals surface area contributed by atoms with Crippen LogP contribution >= 0.6 is 0 Å². The van der Waals surface area contributed by atoms with Crippen molar-refractivity contribution in [1.29, 1.82) is 0 Å². The van der Waals surface area contributed by atoms with Crippen LogP contribution in [0.15, 0.2) is 42.6 Å². The Labute approximate surface area is 110 Å². The monoisotopic (exact) mass is 239 g/mol. The quantitative estimate of drug-likeness (QED) is 0.757. The molecule has 0 atom stereocenters. The number of aromatic nitrogens is 1. The molecular weight excluding hydrogens is 218 g/mol. The van der Waals surface area contributed by atoms with Crippen LogP contribution in [0.2, 0.25) is 0 Å². The minimum absolute atomic E-state index is 0.769. The van der Waals surface area contributed by atoms with E-state index in [1.54, 1.807) is 0 Å². The maximum Gasteiger partial charge on any atom is 0.0373 e. The molecule has 0 spiro atoms. The van der Waals surface area contributed by atoms with Gasteiger partial charge in [0.05, 0.1) is 0 Å². The van der Waals surface area contributed by atoms with Crippen LogP contribution in [-0.4, -0.2) is 4.98 Å². The van der Waals surface area contributed by atoms with Gasteiger partial charge in [-0.2, -0.15) is 0 Å². The van der Waals surface area contributed by atoms with Gasteiger partial charge in [-0.15, -0.1) is 0 Å². The summed E-state index contributed by atoms with van der Waals surface area (Å²) in [6.07, 6.45) is 4.37. The third-order valence-electron chi connectivity index (χ3n) is 3.21. The van der Waals surface area contributed by atoms with Gasteiger partial charge in [0.15, 0.2) is 0 Å². The van der Waals surface area contributed by atoms with Crippen LogP contribution in [0, 0.1) is 12.8 Å². The maximum atomic E-state index is 4.34. The summed E-state index contributed by atoms with van der Waals surface area (Å²) in [6.45, 7) is 6.55. The number of nitrogens with zero attached hydrogens (tertiary/aromatic N) is 1. The second-order valence-electron chi connectivity index (χ2n) is 5.32. The van der Waals surface area contributed by atoms with Crippen LogP contribution in [0.5, 0.6) is 0 Å². The Bertz CT molecular complexity index is 480. The molecule has 1 nitrogen and oxygen atoms in total. The summed E-state index contributed by atoms with van der Waals surface area (Å²) < 4.78 is 0. The first-order valence-corrected chi connectivity index (χ1v) is 6.67. The van der Waals surface area contributed by atoms with Crippen molar-refractivity contribution in [3.63, 3.8) is 0 Å². The maximum absolute atomic E-state index is 4.34. The Balaban J connectivity index is 2.09. The molecule has 0 aliphatic heterocycles. The minimum Gasteiger partial charge on any atom is -0.261 e. The lowest BCUT2D eigenvalue weighted by molar-refractivity contribution is 0.587. The van der Waals surface area contributed by atoms with Crippen LogP contribution < -0.4 is 0 Å². The zero-order chi connectivity index (χ0) is 13.0. The summed E-state index contributed by atoms with van der Waals surface area (Å²) in [7, 11) is 0. The van der Waals surface area contributed by atoms with E-state index in [1.165, 1.54) is 29.5 Å². The van der Waals surface area contributed by atoms with Crippen molar-refractivity contribution in [2.75, 3.05) is 0 Å². The fraction of sp³-hybridized carbons (Fsp3) is 0.353. The number of hydrogen-bond acceptors (Lipinski definition) is 1. The third-order valence-corrected chi connectivity index (χ3v) is 3.21. The van der Waals surface area contributed by atoms with E-state index in [9.17, 15) is 0 Å². The molecule has 18 heavy (non-hydrogen) atoms. The molecule has 0 unspecified atom stereocenters. The van der Waals surface area contributed by atoms with E-state index in [1.807, 2.05) is 13.1 Å². The second kappa shape index (κ2) is 5.81. The average Bonchev–Trinajstić information content (AvgIpc) is 2.38. The SMILES string of the molecule is Cc1ccc(-c2ccc(CCC(C)C)cc2)cn1. The number of aryl methyl sites for hydroxylation is 2. The van der Waals surface area contributed by atoms with Gasteiger partial charge in [0.25, 0.3) is 0 Å². The molecule has 1 heteroatoms. The van der Waals surface area contributed by atoms with E-state index in [4.69, 9.17) is 0 Å². The standard InChI is InChI=1S/C17H21N/c1-13(2)4-6-15-7-10-16(11-8-15)17-9-5-14(3)18-12-17/h5,7-13H,4,6H2,1-3H3. The van der Waals surface area contributed by atoms with E-state index in [0.29, 0.717) is 0 Å². The first-order valence-electron chi connectivity index (χ1n) is 6.67. The zero-order valence-corrected chi connectivity index (χ0v) is 11.5. The largest absolute Gasteiger partial charge is 0.261 e. The van der Waals surface area contributed by atoms with Gasteiger partial charge >= 0.3 is 0 Å². The number of rotatable bonds is 4. The number of benzene rings is 1. The Morgan fingerprint density at radius 1 is 0.944 bits per heavy atom. The van der Waals surface area contributed by atoms with Gasteiger partial charge in [0.1, 0.15) is 0 Å². The smallest absolute Gasteiger partial charge is 0.0373 e. The first-order chi connectivity index (χ1) is 8.65. The van der Waals surface area contributed by atoms with Crippen LogP contribution in [0.3, 0.4) is 0 Å². The molecule has 0 amide bonds. The van der Waals surface area contributed by atoms with Crippen molar-refractivity contribution >= 4 is 0 Å². The predicted molar refractivity (Wildman–Crippen MR) is 77.6 cm³/mol. The summed E-state index contributed by atoms with van der Waals surface area (Å²) in [5, 5.41) is 0. The van der Waals surface area contributed by atoms with E-state index in [2.05, 4.69) is 55.2 Å². The van der Waals surface area contributed by atoms with Gasteiger partial charge in [-0.05, 0) is 42.9 Å². The van der Waals surface area contributed by atoms with Crippen molar-refractivity contribution in [3.05, 3.63) is 53.9 Å². The molecule has 1 aromatic heterocycles. The zero-order valence-electron chi connectivity index (χ0n) is 11.5. The predicted octanol–water partition coefficient (Wildman–Crippen LogP) is 4.65. The molecule has 0 fully saturated rings. The summed E-state index contributed by atoms with van der Waals surface area (Å²) in [6, 6.07) is 13.0. The van der Waals surface area contributed by atoms with E-state index in [-0.39, 0.29) is 0 Å². The van der Waals surface area contributed by atoms with E-state index in [0.717, 1.165) is 11.6 Å². The highest BCUT2D eigenvalue weighted by molar-refractivity contribution is 5.62. The molecule has 0 aliphatic carbocycles. The van der Waals surface area contributed by atoms with Crippen molar-refractivity contribution in [2.24, 2.45) is 5.92 Å². The molecule has 0 aliphatic rings. The molecule has 94 valence electrons. The molecule has 0 radical (unpaired) electrons.